The molecule has 2 heteroatoms. The molecule has 0 bridgehead atoms. The minimum Gasteiger partial charge on any atom is -0.378 e. The van der Waals surface area contributed by atoms with E-state index in [4.69, 9.17) is 11.6 Å². The molecule has 0 saturated heterocycles. The fraction of sp³-hybridized carbons (Fsp3) is 0.500. The fourth-order valence-corrected chi connectivity index (χ4v) is 2.07. The van der Waals surface area contributed by atoms with Gasteiger partial charge in [-0.05, 0) is 49.9 Å². The van der Waals surface area contributed by atoms with Crippen LogP contribution in [0.3, 0.4) is 0 Å². The molecule has 1 aromatic rings. The molecule has 0 radical (unpaired) electrons. The van der Waals surface area contributed by atoms with Crippen LogP contribution in [-0.2, 0) is 0 Å². The van der Waals surface area contributed by atoms with Crippen LogP contribution in [0.5, 0.6) is 0 Å². The first kappa shape index (κ1) is 15.1. The molecule has 18 heavy (non-hydrogen) atoms. The molecule has 1 nitrogen and oxygen atoms in total. The van der Waals surface area contributed by atoms with Crippen molar-refractivity contribution in [3.63, 3.8) is 0 Å². The molecule has 2 atom stereocenters. The summed E-state index contributed by atoms with van der Waals surface area (Å²) >= 11 is 5.90. The van der Waals surface area contributed by atoms with Crippen LogP contribution < -0.4 is 0 Å². The van der Waals surface area contributed by atoms with Gasteiger partial charge in [0.15, 0.2) is 0 Å². The Morgan fingerprint density at radius 1 is 1.44 bits per heavy atom. The summed E-state index contributed by atoms with van der Waals surface area (Å²) in [7, 11) is 0. The summed E-state index contributed by atoms with van der Waals surface area (Å²) in [6, 6.07) is 5.60. The van der Waals surface area contributed by atoms with Crippen molar-refractivity contribution >= 4 is 11.6 Å². The topological polar surface area (TPSA) is 20.2 Å². The Labute approximate surface area is 115 Å². The van der Waals surface area contributed by atoms with Crippen LogP contribution >= 0.6 is 11.6 Å². The Morgan fingerprint density at radius 3 is 2.67 bits per heavy atom. The third-order valence-electron chi connectivity index (χ3n) is 3.10. The van der Waals surface area contributed by atoms with Gasteiger partial charge in [-0.25, -0.2) is 0 Å². The van der Waals surface area contributed by atoms with E-state index in [1.54, 1.807) is 6.92 Å². The summed E-state index contributed by atoms with van der Waals surface area (Å²) in [6.07, 6.45) is 1.75. The smallest absolute Gasteiger partial charge is 0.123 e. The average molecular weight is 265 g/mol. The van der Waals surface area contributed by atoms with Crippen molar-refractivity contribution < 1.29 is 5.11 Å². The minimum atomic E-state index is -0.929. The maximum atomic E-state index is 10.2. The van der Waals surface area contributed by atoms with Crippen molar-refractivity contribution in [1.29, 1.82) is 0 Å². The van der Waals surface area contributed by atoms with Crippen LogP contribution in [-0.4, -0.2) is 10.7 Å². The molecule has 1 N–H and O–H groups in total. The monoisotopic (exact) mass is 264 g/mol. The molecular weight excluding hydrogens is 244 g/mol. The van der Waals surface area contributed by atoms with Crippen molar-refractivity contribution in [2.45, 2.75) is 46.1 Å². The molecule has 1 rings (SSSR count). The molecule has 0 aliphatic rings. The number of aryl methyl sites for hydroxylation is 1. The summed E-state index contributed by atoms with van der Waals surface area (Å²) in [5, 5.41) is 10.9. The van der Waals surface area contributed by atoms with Crippen molar-refractivity contribution in [3.05, 3.63) is 34.3 Å². The lowest BCUT2D eigenvalue weighted by Crippen LogP contribution is -2.24. The largest absolute Gasteiger partial charge is 0.378 e. The zero-order valence-corrected chi connectivity index (χ0v) is 12.3. The van der Waals surface area contributed by atoms with Crippen LogP contribution in [0.25, 0.3) is 0 Å². The zero-order valence-electron chi connectivity index (χ0n) is 11.5. The maximum Gasteiger partial charge on any atom is 0.123 e. The SMILES string of the molecule is CCC(C)CC(C)(O)C#Cc1ccc(Cl)cc1C. The van der Waals surface area contributed by atoms with Crippen molar-refractivity contribution in [3.8, 4) is 11.8 Å². The molecule has 0 spiro atoms. The van der Waals surface area contributed by atoms with Gasteiger partial charge in [-0.15, -0.1) is 0 Å². The highest BCUT2D eigenvalue weighted by atomic mass is 35.5. The molecular formula is C16H21ClO. The Kier molecular flexibility index (Phi) is 5.26. The van der Waals surface area contributed by atoms with Gasteiger partial charge in [0, 0.05) is 10.6 Å². The first-order valence-electron chi connectivity index (χ1n) is 6.36. The van der Waals surface area contributed by atoms with Gasteiger partial charge in [-0.2, -0.15) is 0 Å². The predicted octanol–water partition coefficient (Wildman–Crippen LogP) is 4.19. The molecule has 0 fully saturated rings. The summed E-state index contributed by atoms with van der Waals surface area (Å²) in [5.41, 5.74) is 1.03. The lowest BCUT2D eigenvalue weighted by Gasteiger charge is -2.20. The average Bonchev–Trinajstić information content (AvgIpc) is 2.27. The lowest BCUT2D eigenvalue weighted by molar-refractivity contribution is 0.0939. The van der Waals surface area contributed by atoms with E-state index in [0.717, 1.165) is 17.5 Å². The van der Waals surface area contributed by atoms with Crippen molar-refractivity contribution in [2.75, 3.05) is 0 Å². The number of halogens is 1. The van der Waals surface area contributed by atoms with E-state index < -0.39 is 5.60 Å². The molecule has 0 saturated carbocycles. The first-order chi connectivity index (χ1) is 8.34. The molecule has 98 valence electrons. The van der Waals surface area contributed by atoms with E-state index in [-0.39, 0.29) is 0 Å². The van der Waals surface area contributed by atoms with Crippen molar-refractivity contribution in [2.24, 2.45) is 5.92 Å². The number of aliphatic hydroxyl groups is 1. The molecule has 0 heterocycles. The van der Waals surface area contributed by atoms with E-state index >= 15 is 0 Å². The Bertz CT molecular complexity index is 466. The predicted molar refractivity (Wildman–Crippen MR) is 77.8 cm³/mol. The standard InChI is InChI=1S/C16H21ClO/c1-5-12(2)11-16(4,18)9-8-14-6-7-15(17)10-13(14)3/h6-7,10,12,18H,5,11H2,1-4H3. The van der Waals surface area contributed by atoms with E-state index in [9.17, 15) is 5.11 Å². The maximum absolute atomic E-state index is 10.2. The quantitative estimate of drug-likeness (QED) is 0.812. The summed E-state index contributed by atoms with van der Waals surface area (Å²) < 4.78 is 0. The molecule has 0 aliphatic heterocycles. The molecule has 0 amide bonds. The minimum absolute atomic E-state index is 0.473. The first-order valence-corrected chi connectivity index (χ1v) is 6.73. The van der Waals surface area contributed by atoms with Gasteiger partial charge in [0.2, 0.25) is 0 Å². The summed E-state index contributed by atoms with van der Waals surface area (Å²) in [5.74, 6) is 6.49. The molecule has 1 aromatic carbocycles. The van der Waals surface area contributed by atoms with Crippen LogP contribution in [0.15, 0.2) is 18.2 Å². The van der Waals surface area contributed by atoms with Gasteiger partial charge in [-0.1, -0.05) is 43.7 Å². The second kappa shape index (κ2) is 6.27. The van der Waals surface area contributed by atoms with E-state index in [0.29, 0.717) is 17.4 Å². The van der Waals surface area contributed by atoms with Crippen molar-refractivity contribution in [1.82, 2.24) is 0 Å². The lowest BCUT2D eigenvalue weighted by atomic mass is 9.91. The van der Waals surface area contributed by atoms with Gasteiger partial charge in [0.25, 0.3) is 0 Å². The van der Waals surface area contributed by atoms with Gasteiger partial charge in [0.05, 0.1) is 0 Å². The molecule has 0 aliphatic carbocycles. The third-order valence-corrected chi connectivity index (χ3v) is 3.33. The van der Waals surface area contributed by atoms with Gasteiger partial charge >= 0.3 is 0 Å². The highest BCUT2D eigenvalue weighted by molar-refractivity contribution is 6.30. The van der Waals surface area contributed by atoms with Crippen LogP contribution in [0.1, 0.15) is 44.7 Å². The highest BCUT2D eigenvalue weighted by Crippen LogP contribution is 2.19. The van der Waals surface area contributed by atoms with Gasteiger partial charge < -0.3 is 5.11 Å². The second-order valence-corrected chi connectivity index (χ2v) is 5.64. The van der Waals surface area contributed by atoms with E-state index in [1.165, 1.54) is 0 Å². The van der Waals surface area contributed by atoms with Gasteiger partial charge in [0.1, 0.15) is 5.60 Å². The zero-order chi connectivity index (χ0) is 13.8. The Hall–Kier alpha value is -0.970. The third kappa shape index (κ3) is 4.72. The van der Waals surface area contributed by atoms with Gasteiger partial charge in [-0.3, -0.25) is 0 Å². The normalized spacial score (nSPS) is 15.4. The summed E-state index contributed by atoms with van der Waals surface area (Å²) in [4.78, 5) is 0. The van der Waals surface area contributed by atoms with E-state index in [1.807, 2.05) is 25.1 Å². The fourth-order valence-electron chi connectivity index (χ4n) is 1.84. The van der Waals surface area contributed by atoms with E-state index in [2.05, 4.69) is 25.7 Å². The molecule has 0 aromatic heterocycles. The molecule has 2 unspecified atom stereocenters. The number of benzene rings is 1. The number of hydrogen-bond donors (Lipinski definition) is 1. The second-order valence-electron chi connectivity index (χ2n) is 5.20. The Morgan fingerprint density at radius 2 is 2.11 bits per heavy atom. The summed E-state index contributed by atoms with van der Waals surface area (Å²) in [6.45, 7) is 8.00. The number of rotatable bonds is 3. The Balaban J connectivity index is 2.86. The number of hydrogen-bond acceptors (Lipinski definition) is 1. The highest BCUT2D eigenvalue weighted by Gasteiger charge is 2.19. The van der Waals surface area contributed by atoms with Crippen LogP contribution in [0.4, 0.5) is 0 Å². The van der Waals surface area contributed by atoms with Crippen LogP contribution in [0, 0.1) is 24.7 Å². The van der Waals surface area contributed by atoms with Crippen LogP contribution in [0.2, 0.25) is 5.02 Å².